The maximum Gasteiger partial charge on any atom is 0.0848 e. The van der Waals surface area contributed by atoms with E-state index in [0.717, 1.165) is 78.2 Å². The number of thiophene rings is 2. The molecule has 6 heterocycles. The monoisotopic (exact) mass is 1300 g/mol. The van der Waals surface area contributed by atoms with Gasteiger partial charge in [-0.15, -0.1) is 58.1 Å². The Morgan fingerprint density at radius 3 is 1.40 bits per heavy atom. The maximum absolute atomic E-state index is 5.01. The summed E-state index contributed by atoms with van der Waals surface area (Å²) < 4.78 is 22.1. The van der Waals surface area contributed by atoms with Gasteiger partial charge in [0.25, 0.3) is 0 Å². The molecule has 4 aromatic carbocycles. The average Bonchev–Trinajstić information content (AvgIpc) is 4.17. The summed E-state index contributed by atoms with van der Waals surface area (Å²) in [5, 5.41) is 1.93. The second-order valence-corrected chi connectivity index (χ2v) is 22.3. The van der Waals surface area contributed by atoms with Crippen LogP contribution in [0.25, 0.3) is 94.3 Å². The zero-order valence-corrected chi connectivity index (χ0v) is 47.4. The van der Waals surface area contributed by atoms with E-state index < -0.39 is 0 Å². The Hall–Kier alpha value is -2.92. The number of unbranched alkanes of at least 4 members (excludes halogenated alkanes) is 2. The van der Waals surface area contributed by atoms with E-state index in [4.69, 9.17) is 27.5 Å². The minimum atomic E-state index is -0.113. The molecule has 330 valence electrons. The Bertz CT molecular complexity index is 2980. The summed E-state index contributed by atoms with van der Waals surface area (Å²) in [7, 11) is 0. The first-order valence-electron chi connectivity index (χ1n) is 22.4. The van der Waals surface area contributed by atoms with Crippen LogP contribution >= 0.6 is 68.8 Å². The molecule has 0 amide bonds. The molecule has 0 aliphatic heterocycles. The van der Waals surface area contributed by atoms with Gasteiger partial charge in [-0.1, -0.05) is 115 Å². The third kappa shape index (κ3) is 8.42. The van der Waals surface area contributed by atoms with E-state index in [1.807, 2.05) is 34.8 Å². The molecule has 0 saturated carbocycles. The van der Waals surface area contributed by atoms with Gasteiger partial charge in [-0.2, -0.15) is 31.4 Å². The van der Waals surface area contributed by atoms with Crippen LogP contribution in [0.15, 0.2) is 72.8 Å². The molecule has 6 nitrogen and oxygen atoms in total. The number of fused-ring (bicyclic) bond motifs is 7. The number of thiazole rings is 2. The van der Waals surface area contributed by atoms with Gasteiger partial charge in [-0.3, -0.25) is 0 Å². The molecule has 0 saturated heterocycles. The molecule has 0 radical (unpaired) electrons. The van der Waals surface area contributed by atoms with Crippen LogP contribution in [0.5, 0.6) is 0 Å². The van der Waals surface area contributed by atoms with Gasteiger partial charge in [0.05, 0.1) is 53.9 Å². The Kier molecular flexibility index (Phi) is 14.5. The van der Waals surface area contributed by atoms with Gasteiger partial charge < -0.3 is 0 Å². The molecule has 10 aromatic rings. The van der Waals surface area contributed by atoms with E-state index in [9.17, 15) is 0 Å². The molecule has 1 aliphatic carbocycles. The standard InChI is InChI=1S/C51H46N6S6.2W/c1-5-9-15-29(7-3)27-51(28-30(8-4)16-10-6-2)35-25-41(31-21-23-33(45-43(31)54-62-56-45)49-52-37-17-11-13-19-39(37)60-49)58-47(35)48-36(51)26-42(59-48)32-22-24-34(46-44(32)55-63-57-46)50-53-38-18-12-14-20-40(38)61-50;;/h11-14,17-20,23-26,29-30H,5-10,15-16,27-28H2,1-4H3;;/q-2;;. The third-order valence-corrected chi connectivity index (χ3v) is 19.0. The molecular formula is C51H46N6S6W2-2. The van der Waals surface area contributed by atoms with Crippen molar-refractivity contribution in [1.29, 1.82) is 0 Å². The van der Waals surface area contributed by atoms with Gasteiger partial charge in [0.15, 0.2) is 0 Å². The zero-order chi connectivity index (χ0) is 42.7. The van der Waals surface area contributed by atoms with Gasteiger partial charge in [0, 0.05) is 79.4 Å². The molecule has 2 atom stereocenters. The van der Waals surface area contributed by atoms with Crippen molar-refractivity contribution in [1.82, 2.24) is 27.5 Å². The molecule has 14 heteroatoms. The van der Waals surface area contributed by atoms with Gasteiger partial charge in [-0.05, 0) is 81.0 Å². The van der Waals surface area contributed by atoms with Crippen molar-refractivity contribution < 1.29 is 42.1 Å². The first-order chi connectivity index (χ1) is 31.0. The first kappa shape index (κ1) is 47.2. The number of hydrogen-bond acceptors (Lipinski definition) is 12. The smallest absolute Gasteiger partial charge is 0.0848 e. The molecule has 11 rings (SSSR count). The number of para-hydroxylation sites is 2. The van der Waals surface area contributed by atoms with Gasteiger partial charge >= 0.3 is 0 Å². The molecule has 6 aromatic heterocycles. The molecule has 0 bridgehead atoms. The van der Waals surface area contributed by atoms with E-state index >= 15 is 0 Å². The van der Waals surface area contributed by atoms with Crippen LogP contribution in [-0.2, 0) is 47.5 Å². The summed E-state index contributed by atoms with van der Waals surface area (Å²) in [6.07, 6.45) is 12.2. The zero-order valence-electron chi connectivity index (χ0n) is 36.6. The first-order valence-corrected chi connectivity index (χ1v) is 27.1. The van der Waals surface area contributed by atoms with Crippen LogP contribution < -0.4 is 0 Å². The van der Waals surface area contributed by atoms with Crippen molar-refractivity contribution in [3.8, 4) is 51.8 Å². The summed E-state index contributed by atoms with van der Waals surface area (Å²) in [6, 6.07) is 33.5. The Morgan fingerprint density at radius 2 is 0.985 bits per heavy atom. The summed E-state index contributed by atoms with van der Waals surface area (Å²) in [4.78, 5) is 15.3. The number of hydrogen-bond donors (Lipinski definition) is 0. The van der Waals surface area contributed by atoms with Crippen molar-refractivity contribution >= 4 is 111 Å². The normalized spacial score (nSPS) is 13.9. The van der Waals surface area contributed by atoms with Crippen molar-refractivity contribution in [2.45, 2.75) is 97.3 Å². The maximum atomic E-state index is 5.01. The van der Waals surface area contributed by atoms with Crippen LogP contribution in [0.4, 0.5) is 0 Å². The largest absolute Gasteiger partial charge is 0.246 e. The molecule has 0 fully saturated rings. The predicted molar refractivity (Wildman–Crippen MR) is 272 cm³/mol. The number of benzene rings is 4. The van der Waals surface area contributed by atoms with Gasteiger partial charge in [-0.25, -0.2) is 18.7 Å². The predicted octanol–water partition coefficient (Wildman–Crippen LogP) is 16.8. The van der Waals surface area contributed by atoms with Gasteiger partial charge in [0.2, 0.25) is 0 Å². The van der Waals surface area contributed by atoms with Crippen LogP contribution in [0.3, 0.4) is 0 Å². The minimum Gasteiger partial charge on any atom is -0.246 e. The van der Waals surface area contributed by atoms with E-state index in [-0.39, 0.29) is 47.5 Å². The summed E-state index contributed by atoms with van der Waals surface area (Å²) in [5.41, 5.74) is 12.7. The fraction of sp³-hybridized carbons (Fsp3) is 0.333. The Morgan fingerprint density at radius 1 is 0.554 bits per heavy atom. The summed E-state index contributed by atoms with van der Waals surface area (Å²) in [5.74, 6) is 1.25. The topological polar surface area (TPSA) is 77.3 Å². The van der Waals surface area contributed by atoms with Gasteiger partial charge in [0.1, 0.15) is 0 Å². The quantitative estimate of drug-likeness (QED) is 0.0897. The van der Waals surface area contributed by atoms with E-state index in [2.05, 4.69) is 100 Å². The summed E-state index contributed by atoms with van der Waals surface area (Å²) >= 11 is 9.83. The fourth-order valence-electron chi connectivity index (χ4n) is 9.91. The SMILES string of the molecule is CCCCC(CC)CC1(CC(CC)CCCC)c2cc(-c3[c-]cc(-c4nc5ccccc5s4)c4nsnc34)sc2-c2sc(-c3[c-]cc(-c4nc5ccccc5s4)c4nsnc34)cc21.[W].[W]. The van der Waals surface area contributed by atoms with Crippen molar-refractivity contribution in [3.05, 3.63) is 96.1 Å². The van der Waals surface area contributed by atoms with Crippen LogP contribution in [0, 0.1) is 24.0 Å². The number of nitrogens with zero attached hydrogens (tertiary/aromatic N) is 6. The number of rotatable bonds is 16. The van der Waals surface area contributed by atoms with Crippen LogP contribution in [-0.4, -0.2) is 27.5 Å². The Balaban J connectivity index is 0.00000266. The minimum absolute atomic E-state index is 0. The second-order valence-electron chi connectivity index (χ2n) is 17.1. The fourth-order valence-corrected chi connectivity index (χ4v) is 15.7. The third-order valence-electron chi connectivity index (χ3n) is 13.3. The number of aromatic nitrogens is 6. The van der Waals surface area contributed by atoms with Crippen LogP contribution in [0.2, 0.25) is 0 Å². The molecule has 0 spiro atoms. The molecule has 1 aliphatic rings. The van der Waals surface area contributed by atoms with Crippen LogP contribution in [0.1, 0.15) is 103 Å². The second kappa shape index (κ2) is 20.0. The van der Waals surface area contributed by atoms with Crippen molar-refractivity contribution in [2.75, 3.05) is 0 Å². The van der Waals surface area contributed by atoms with E-state index in [0.29, 0.717) is 11.8 Å². The average molecular weight is 1300 g/mol. The molecule has 65 heavy (non-hydrogen) atoms. The molecular weight excluding hydrogens is 1260 g/mol. The van der Waals surface area contributed by atoms with Crippen molar-refractivity contribution in [2.24, 2.45) is 11.8 Å². The van der Waals surface area contributed by atoms with E-state index in [1.54, 1.807) is 22.7 Å². The van der Waals surface area contributed by atoms with Crippen molar-refractivity contribution in [3.63, 3.8) is 0 Å². The Labute approximate surface area is 433 Å². The summed E-state index contributed by atoms with van der Waals surface area (Å²) in [6.45, 7) is 9.50. The molecule has 0 N–H and O–H groups in total. The van der Waals surface area contributed by atoms with E-state index in [1.165, 1.54) is 115 Å². The molecule has 2 unspecified atom stereocenters.